The second kappa shape index (κ2) is 4.97. The Bertz CT molecular complexity index is 239. The van der Waals surface area contributed by atoms with Crippen molar-refractivity contribution in [3.63, 3.8) is 0 Å². The Morgan fingerprint density at radius 2 is 2.50 bits per heavy atom. The predicted molar refractivity (Wildman–Crippen MR) is 55.4 cm³/mol. The summed E-state index contributed by atoms with van der Waals surface area (Å²) in [6.07, 6.45) is 0.0614. The molecule has 4 heteroatoms. The highest BCUT2D eigenvalue weighted by Crippen LogP contribution is 2.26. The topological polar surface area (TPSA) is 35.2 Å². The zero-order valence-corrected chi connectivity index (χ0v) is 9.32. The molecule has 1 aromatic rings. The van der Waals surface area contributed by atoms with E-state index < -0.39 is 0 Å². The highest BCUT2D eigenvalue weighted by Gasteiger charge is 2.10. The van der Waals surface area contributed by atoms with Gasteiger partial charge in [0.1, 0.15) is 6.10 Å². The third-order valence-electron chi connectivity index (χ3n) is 1.49. The average molecular weight is 250 g/mol. The van der Waals surface area contributed by atoms with E-state index in [1.54, 1.807) is 11.3 Å². The summed E-state index contributed by atoms with van der Waals surface area (Å²) in [5.74, 6) is 0. The number of halogens is 1. The highest BCUT2D eigenvalue weighted by atomic mass is 79.9. The molecule has 0 saturated heterocycles. The lowest BCUT2D eigenvalue weighted by molar-refractivity contribution is 0.0713. The molecule has 1 aromatic heterocycles. The fourth-order valence-electron chi connectivity index (χ4n) is 0.965. The second-order valence-corrected chi connectivity index (χ2v) is 4.21. The fourth-order valence-corrected chi connectivity index (χ4v) is 2.47. The molecule has 1 unspecified atom stereocenters. The standard InChI is InChI=1S/C8H12BrNOS/c1-2-11-7(4-10)8-3-6(9)5-12-8/h3,5,7H,2,4,10H2,1H3. The van der Waals surface area contributed by atoms with Crippen molar-refractivity contribution in [3.8, 4) is 0 Å². The Hall–Kier alpha value is 0.1000. The van der Waals surface area contributed by atoms with E-state index >= 15 is 0 Å². The predicted octanol–water partition coefficient (Wildman–Crippen LogP) is 2.55. The molecule has 0 aliphatic carbocycles. The van der Waals surface area contributed by atoms with E-state index in [1.807, 2.05) is 12.3 Å². The number of hydrogen-bond acceptors (Lipinski definition) is 3. The first-order valence-corrected chi connectivity index (χ1v) is 5.50. The van der Waals surface area contributed by atoms with Crippen LogP contribution in [0, 0.1) is 0 Å². The van der Waals surface area contributed by atoms with Crippen LogP contribution in [-0.4, -0.2) is 13.2 Å². The van der Waals surface area contributed by atoms with Gasteiger partial charge in [-0.05, 0) is 28.9 Å². The molecule has 12 heavy (non-hydrogen) atoms. The minimum atomic E-state index is 0.0614. The lowest BCUT2D eigenvalue weighted by Crippen LogP contribution is -2.14. The lowest BCUT2D eigenvalue weighted by atomic mass is 10.3. The molecule has 2 N–H and O–H groups in total. The van der Waals surface area contributed by atoms with Gasteiger partial charge >= 0.3 is 0 Å². The molecular formula is C8H12BrNOS. The highest BCUT2D eigenvalue weighted by molar-refractivity contribution is 9.10. The van der Waals surface area contributed by atoms with Crippen LogP contribution in [0.25, 0.3) is 0 Å². The average Bonchev–Trinajstić information content (AvgIpc) is 2.47. The summed E-state index contributed by atoms with van der Waals surface area (Å²) in [4.78, 5) is 1.19. The van der Waals surface area contributed by atoms with Gasteiger partial charge in [-0.15, -0.1) is 11.3 Å². The van der Waals surface area contributed by atoms with Crippen molar-refractivity contribution >= 4 is 27.3 Å². The summed E-state index contributed by atoms with van der Waals surface area (Å²) in [6, 6.07) is 2.05. The van der Waals surface area contributed by atoms with Crippen LogP contribution < -0.4 is 5.73 Å². The van der Waals surface area contributed by atoms with Gasteiger partial charge in [0, 0.05) is 27.9 Å². The monoisotopic (exact) mass is 249 g/mol. The Labute approximate surface area is 84.9 Å². The minimum Gasteiger partial charge on any atom is -0.372 e. The van der Waals surface area contributed by atoms with E-state index in [4.69, 9.17) is 10.5 Å². The molecule has 0 saturated carbocycles. The summed E-state index contributed by atoms with van der Waals surface area (Å²) in [7, 11) is 0. The molecule has 1 rings (SSSR count). The molecule has 0 amide bonds. The molecule has 2 nitrogen and oxygen atoms in total. The van der Waals surface area contributed by atoms with Crippen molar-refractivity contribution in [2.75, 3.05) is 13.2 Å². The van der Waals surface area contributed by atoms with Crippen LogP contribution in [0.1, 0.15) is 17.9 Å². The molecule has 0 fully saturated rings. The van der Waals surface area contributed by atoms with E-state index in [1.165, 1.54) is 4.88 Å². The van der Waals surface area contributed by atoms with Gasteiger partial charge in [0.05, 0.1) is 0 Å². The molecule has 0 aliphatic rings. The number of hydrogen-bond donors (Lipinski definition) is 1. The number of rotatable bonds is 4. The van der Waals surface area contributed by atoms with Crippen molar-refractivity contribution in [3.05, 3.63) is 20.8 Å². The summed E-state index contributed by atoms with van der Waals surface area (Å²) in [5.41, 5.74) is 5.57. The van der Waals surface area contributed by atoms with Crippen molar-refractivity contribution in [1.29, 1.82) is 0 Å². The zero-order valence-electron chi connectivity index (χ0n) is 6.92. The smallest absolute Gasteiger partial charge is 0.104 e. The van der Waals surface area contributed by atoms with E-state index in [0.717, 1.165) is 4.47 Å². The Morgan fingerprint density at radius 1 is 1.75 bits per heavy atom. The summed E-state index contributed by atoms with van der Waals surface area (Å²) < 4.78 is 6.55. The molecule has 0 bridgehead atoms. The number of nitrogens with two attached hydrogens (primary N) is 1. The number of ether oxygens (including phenoxy) is 1. The summed E-state index contributed by atoms with van der Waals surface area (Å²) in [6.45, 7) is 3.23. The molecule has 0 aromatic carbocycles. The third kappa shape index (κ3) is 2.55. The van der Waals surface area contributed by atoms with Crippen molar-refractivity contribution in [2.24, 2.45) is 5.73 Å². The maximum absolute atomic E-state index is 5.57. The fraction of sp³-hybridized carbons (Fsp3) is 0.500. The van der Waals surface area contributed by atoms with Gasteiger partial charge in [0.15, 0.2) is 0 Å². The third-order valence-corrected chi connectivity index (χ3v) is 3.27. The minimum absolute atomic E-state index is 0.0614. The second-order valence-electron chi connectivity index (χ2n) is 2.35. The van der Waals surface area contributed by atoms with Gasteiger partial charge in [-0.2, -0.15) is 0 Å². The molecular weight excluding hydrogens is 238 g/mol. The first-order valence-electron chi connectivity index (χ1n) is 3.83. The van der Waals surface area contributed by atoms with Crippen molar-refractivity contribution < 1.29 is 4.74 Å². The van der Waals surface area contributed by atoms with E-state index in [2.05, 4.69) is 22.0 Å². The maximum atomic E-state index is 5.57. The Morgan fingerprint density at radius 3 is 2.92 bits per heavy atom. The van der Waals surface area contributed by atoms with Gasteiger partial charge in [-0.3, -0.25) is 0 Å². The first kappa shape index (κ1) is 10.2. The van der Waals surface area contributed by atoms with Gasteiger partial charge in [-0.1, -0.05) is 0 Å². The molecule has 0 radical (unpaired) electrons. The Balaban J connectivity index is 2.66. The lowest BCUT2D eigenvalue weighted by Gasteiger charge is -2.11. The van der Waals surface area contributed by atoms with Crippen LogP contribution >= 0.6 is 27.3 Å². The number of thiophene rings is 1. The molecule has 68 valence electrons. The van der Waals surface area contributed by atoms with Crippen LogP contribution in [0.5, 0.6) is 0 Å². The Kier molecular flexibility index (Phi) is 4.21. The van der Waals surface area contributed by atoms with E-state index in [9.17, 15) is 0 Å². The first-order chi connectivity index (χ1) is 5.77. The molecule has 1 atom stereocenters. The van der Waals surface area contributed by atoms with Gasteiger partial charge in [-0.25, -0.2) is 0 Å². The normalized spacial score (nSPS) is 13.2. The van der Waals surface area contributed by atoms with Crippen LogP contribution in [0.15, 0.2) is 15.9 Å². The maximum Gasteiger partial charge on any atom is 0.104 e. The van der Waals surface area contributed by atoms with Gasteiger partial charge in [0.2, 0.25) is 0 Å². The molecule has 0 spiro atoms. The van der Waals surface area contributed by atoms with Crippen LogP contribution in [-0.2, 0) is 4.74 Å². The summed E-state index contributed by atoms with van der Waals surface area (Å²) in [5, 5.41) is 2.04. The van der Waals surface area contributed by atoms with Gasteiger partial charge in [0.25, 0.3) is 0 Å². The van der Waals surface area contributed by atoms with Crippen LogP contribution in [0.4, 0.5) is 0 Å². The SMILES string of the molecule is CCOC(CN)c1cc(Br)cs1. The molecule has 1 heterocycles. The van der Waals surface area contributed by atoms with Gasteiger partial charge < -0.3 is 10.5 Å². The van der Waals surface area contributed by atoms with Crippen molar-refractivity contribution in [2.45, 2.75) is 13.0 Å². The molecule has 0 aliphatic heterocycles. The zero-order chi connectivity index (χ0) is 8.97. The summed E-state index contributed by atoms with van der Waals surface area (Å²) >= 11 is 5.07. The quantitative estimate of drug-likeness (QED) is 0.891. The van der Waals surface area contributed by atoms with E-state index in [-0.39, 0.29) is 6.10 Å². The van der Waals surface area contributed by atoms with Crippen LogP contribution in [0.2, 0.25) is 0 Å². The largest absolute Gasteiger partial charge is 0.372 e. The van der Waals surface area contributed by atoms with Crippen molar-refractivity contribution in [1.82, 2.24) is 0 Å². The van der Waals surface area contributed by atoms with Crippen LogP contribution in [0.3, 0.4) is 0 Å². The van der Waals surface area contributed by atoms with E-state index in [0.29, 0.717) is 13.2 Å².